The number of pyridine rings is 1. The van der Waals surface area contributed by atoms with Crippen LogP contribution in [0.5, 0.6) is 0 Å². The largest absolute Gasteiger partial charge is 0.481 e. The van der Waals surface area contributed by atoms with Crippen molar-refractivity contribution in [2.45, 2.75) is 26.4 Å². The summed E-state index contributed by atoms with van der Waals surface area (Å²) in [6.07, 6.45) is 3.75. The van der Waals surface area contributed by atoms with Crippen molar-refractivity contribution in [1.82, 2.24) is 15.2 Å². The number of amides is 1. The minimum Gasteiger partial charge on any atom is -0.481 e. The first-order chi connectivity index (χ1) is 13.0. The quantitative estimate of drug-likeness (QED) is 0.818. The number of carboxylic acids is 1. The van der Waals surface area contributed by atoms with E-state index in [2.05, 4.69) is 27.3 Å². The monoisotopic (exact) mass is 367 g/mol. The highest BCUT2D eigenvalue weighted by atomic mass is 16.4. The van der Waals surface area contributed by atoms with Crippen molar-refractivity contribution in [3.8, 4) is 0 Å². The van der Waals surface area contributed by atoms with Gasteiger partial charge in [-0.25, -0.2) is 0 Å². The molecule has 142 valence electrons. The molecule has 1 amide bonds. The zero-order valence-electron chi connectivity index (χ0n) is 15.5. The third kappa shape index (κ3) is 5.37. The fourth-order valence-corrected chi connectivity index (χ4v) is 3.47. The van der Waals surface area contributed by atoms with Gasteiger partial charge in [-0.2, -0.15) is 0 Å². The molecule has 1 fully saturated rings. The lowest BCUT2D eigenvalue weighted by molar-refractivity contribution is -0.145. The molecule has 2 N–H and O–H groups in total. The Balaban J connectivity index is 1.63. The van der Waals surface area contributed by atoms with Crippen LogP contribution in [-0.2, 0) is 22.7 Å². The second-order valence-corrected chi connectivity index (χ2v) is 7.22. The molecule has 1 saturated heterocycles. The number of carbonyl (C=O) groups excluding carboxylic acids is 1. The van der Waals surface area contributed by atoms with Gasteiger partial charge in [-0.1, -0.05) is 29.8 Å². The van der Waals surface area contributed by atoms with Gasteiger partial charge >= 0.3 is 5.97 Å². The van der Waals surface area contributed by atoms with E-state index < -0.39 is 11.9 Å². The Labute approximate surface area is 159 Å². The molecule has 0 unspecified atom stereocenters. The highest BCUT2D eigenvalue weighted by Gasteiger charge is 2.34. The first kappa shape index (κ1) is 19.0. The molecule has 2 heterocycles. The van der Waals surface area contributed by atoms with Crippen molar-refractivity contribution < 1.29 is 14.7 Å². The molecule has 2 atom stereocenters. The van der Waals surface area contributed by atoms with E-state index in [9.17, 15) is 14.7 Å². The third-order valence-electron chi connectivity index (χ3n) is 4.99. The predicted molar refractivity (Wildman–Crippen MR) is 102 cm³/mol. The number of aryl methyl sites for hydroxylation is 1. The fourth-order valence-electron chi connectivity index (χ4n) is 3.47. The van der Waals surface area contributed by atoms with E-state index in [0.717, 1.165) is 11.1 Å². The molecule has 0 bridgehead atoms. The number of nitrogens with one attached hydrogen (secondary N) is 1. The van der Waals surface area contributed by atoms with Crippen LogP contribution in [0.3, 0.4) is 0 Å². The predicted octanol–water partition coefficient (Wildman–Crippen LogP) is 2.23. The minimum absolute atomic E-state index is 0.0910. The van der Waals surface area contributed by atoms with Crippen molar-refractivity contribution >= 4 is 11.9 Å². The van der Waals surface area contributed by atoms with Gasteiger partial charge in [0.25, 0.3) is 0 Å². The molecule has 0 radical (unpaired) electrons. The number of carboxylic acid groups (broad SMARTS) is 1. The van der Waals surface area contributed by atoms with Crippen LogP contribution in [0.1, 0.15) is 23.1 Å². The van der Waals surface area contributed by atoms with Gasteiger partial charge in [0.2, 0.25) is 5.91 Å². The molecule has 2 aromatic rings. The Morgan fingerprint density at radius 3 is 2.41 bits per heavy atom. The molecule has 27 heavy (non-hydrogen) atoms. The van der Waals surface area contributed by atoms with Gasteiger partial charge in [0, 0.05) is 38.6 Å². The molecule has 0 spiro atoms. The number of aromatic nitrogens is 1. The van der Waals surface area contributed by atoms with Crippen LogP contribution in [0.25, 0.3) is 0 Å². The van der Waals surface area contributed by atoms with Crippen molar-refractivity contribution in [3.63, 3.8) is 0 Å². The summed E-state index contributed by atoms with van der Waals surface area (Å²) in [6, 6.07) is 11.9. The zero-order chi connectivity index (χ0) is 19.2. The van der Waals surface area contributed by atoms with E-state index in [1.54, 1.807) is 12.4 Å². The smallest absolute Gasteiger partial charge is 0.307 e. The number of hydrogen-bond donors (Lipinski definition) is 2. The molecule has 1 aromatic heterocycles. The third-order valence-corrected chi connectivity index (χ3v) is 4.99. The van der Waals surface area contributed by atoms with Crippen molar-refractivity contribution in [3.05, 3.63) is 65.5 Å². The summed E-state index contributed by atoms with van der Waals surface area (Å²) in [5.41, 5.74) is 3.29. The fraction of sp³-hybridized carbons (Fsp3) is 0.381. The number of benzene rings is 1. The molecular weight excluding hydrogens is 342 g/mol. The second kappa shape index (κ2) is 8.77. The number of likely N-dealkylation sites (tertiary alicyclic amines) is 1. The number of hydrogen-bond acceptors (Lipinski definition) is 4. The molecule has 1 aromatic carbocycles. The summed E-state index contributed by atoms with van der Waals surface area (Å²) >= 11 is 0. The first-order valence-corrected chi connectivity index (χ1v) is 9.18. The molecule has 0 aliphatic carbocycles. The van der Waals surface area contributed by atoms with Crippen LogP contribution < -0.4 is 5.32 Å². The van der Waals surface area contributed by atoms with E-state index in [0.29, 0.717) is 32.6 Å². The van der Waals surface area contributed by atoms with Gasteiger partial charge < -0.3 is 10.4 Å². The molecule has 6 nitrogen and oxygen atoms in total. The van der Waals surface area contributed by atoms with Crippen molar-refractivity contribution in [1.29, 1.82) is 0 Å². The zero-order valence-corrected chi connectivity index (χ0v) is 15.5. The Hall–Kier alpha value is -2.73. The normalized spacial score (nSPS) is 20.2. The molecule has 3 rings (SSSR count). The van der Waals surface area contributed by atoms with Gasteiger partial charge in [0.1, 0.15) is 0 Å². The minimum atomic E-state index is -0.837. The highest BCUT2D eigenvalue weighted by Crippen LogP contribution is 2.24. The van der Waals surface area contributed by atoms with E-state index in [-0.39, 0.29) is 11.8 Å². The van der Waals surface area contributed by atoms with E-state index in [1.807, 2.05) is 31.2 Å². The average molecular weight is 367 g/mol. The summed E-state index contributed by atoms with van der Waals surface area (Å²) in [5.74, 6) is -1.78. The molecular formula is C21H25N3O3. The molecule has 6 heteroatoms. The number of aliphatic carboxylic acids is 1. The topological polar surface area (TPSA) is 82.5 Å². The highest BCUT2D eigenvalue weighted by molar-refractivity contribution is 5.80. The number of rotatable bonds is 6. The van der Waals surface area contributed by atoms with Crippen LogP contribution in [-0.4, -0.2) is 40.0 Å². The maximum Gasteiger partial charge on any atom is 0.307 e. The standard InChI is InChI=1S/C21H25N3O3/c1-15-2-4-17(5-3-15)12-24-13-18(10-19(14-24)21(26)27)20(25)23-11-16-6-8-22-9-7-16/h2-9,18-19H,10-14H2,1H3,(H,23,25)(H,26,27)/t18-,19-/m0/s1. The van der Waals surface area contributed by atoms with E-state index in [4.69, 9.17) is 0 Å². The summed E-state index contributed by atoms with van der Waals surface area (Å²) in [4.78, 5) is 30.3. The van der Waals surface area contributed by atoms with Crippen LogP contribution >= 0.6 is 0 Å². The van der Waals surface area contributed by atoms with Crippen LogP contribution in [0, 0.1) is 18.8 Å². The Kier molecular flexibility index (Phi) is 6.19. The Morgan fingerprint density at radius 1 is 1.07 bits per heavy atom. The summed E-state index contributed by atoms with van der Waals surface area (Å²) in [7, 11) is 0. The van der Waals surface area contributed by atoms with Gasteiger partial charge in [0.15, 0.2) is 0 Å². The van der Waals surface area contributed by atoms with Crippen LogP contribution in [0.2, 0.25) is 0 Å². The van der Waals surface area contributed by atoms with Gasteiger partial charge in [-0.05, 0) is 36.6 Å². The van der Waals surface area contributed by atoms with Crippen LogP contribution in [0.15, 0.2) is 48.8 Å². The maximum absolute atomic E-state index is 12.6. The Bertz CT molecular complexity index is 777. The van der Waals surface area contributed by atoms with Crippen LogP contribution in [0.4, 0.5) is 0 Å². The van der Waals surface area contributed by atoms with Crippen molar-refractivity contribution in [2.24, 2.45) is 11.8 Å². The summed E-state index contributed by atoms with van der Waals surface area (Å²) < 4.78 is 0. The molecule has 0 saturated carbocycles. The lowest BCUT2D eigenvalue weighted by Gasteiger charge is -2.35. The molecule has 1 aliphatic heterocycles. The van der Waals surface area contributed by atoms with Gasteiger partial charge in [0.05, 0.1) is 11.8 Å². The maximum atomic E-state index is 12.6. The van der Waals surface area contributed by atoms with E-state index >= 15 is 0 Å². The number of piperidine rings is 1. The van der Waals surface area contributed by atoms with Crippen molar-refractivity contribution in [2.75, 3.05) is 13.1 Å². The molecule has 1 aliphatic rings. The lowest BCUT2D eigenvalue weighted by atomic mass is 9.88. The number of nitrogens with zero attached hydrogens (tertiary/aromatic N) is 2. The number of carbonyl (C=O) groups is 2. The second-order valence-electron chi connectivity index (χ2n) is 7.22. The SMILES string of the molecule is Cc1ccc(CN2C[C@@H](C(=O)O)C[C@H](C(=O)NCc3ccncc3)C2)cc1. The summed E-state index contributed by atoms with van der Waals surface area (Å²) in [5, 5.41) is 12.4. The Morgan fingerprint density at radius 2 is 1.74 bits per heavy atom. The lowest BCUT2D eigenvalue weighted by Crippen LogP contribution is -2.47. The van der Waals surface area contributed by atoms with E-state index in [1.165, 1.54) is 5.56 Å². The average Bonchev–Trinajstić information content (AvgIpc) is 2.68. The summed E-state index contributed by atoms with van der Waals surface area (Å²) in [6.45, 7) is 4.15. The van der Waals surface area contributed by atoms with Gasteiger partial charge in [-0.3, -0.25) is 19.5 Å². The van der Waals surface area contributed by atoms with Gasteiger partial charge in [-0.15, -0.1) is 0 Å². The first-order valence-electron chi connectivity index (χ1n) is 9.18.